The van der Waals surface area contributed by atoms with Crippen molar-refractivity contribution in [3.05, 3.63) is 0 Å². The zero-order chi connectivity index (χ0) is 12.3. The van der Waals surface area contributed by atoms with Crippen molar-refractivity contribution >= 4 is 29.9 Å². The molecule has 1 aliphatic carbocycles. The molecule has 2 rings (SSSR count). The first-order valence-electron chi connectivity index (χ1n) is 6.48. The number of ether oxygens (including phenoxy) is 1. The first-order valence-corrected chi connectivity index (χ1v) is 6.48. The number of nitrogens with zero attached hydrogens (tertiary/aromatic N) is 2. The van der Waals surface area contributed by atoms with Crippen LogP contribution in [0.5, 0.6) is 0 Å². The Bertz CT molecular complexity index is 292. The van der Waals surface area contributed by atoms with Gasteiger partial charge in [0.25, 0.3) is 0 Å². The Morgan fingerprint density at radius 2 is 2.22 bits per heavy atom. The maximum absolute atomic E-state index is 5.78. The molecule has 106 valence electrons. The lowest BCUT2D eigenvalue weighted by Crippen LogP contribution is -2.49. The van der Waals surface area contributed by atoms with E-state index in [4.69, 9.17) is 10.5 Å². The van der Waals surface area contributed by atoms with Crippen molar-refractivity contribution in [2.45, 2.75) is 38.3 Å². The molecule has 0 spiro atoms. The molecule has 5 nitrogen and oxygen atoms in total. The Labute approximate surface area is 127 Å². The zero-order valence-corrected chi connectivity index (χ0v) is 13.6. The summed E-state index contributed by atoms with van der Waals surface area (Å²) in [5.74, 6) is 0.597. The van der Waals surface area contributed by atoms with E-state index in [-0.39, 0.29) is 29.6 Å². The third-order valence-corrected chi connectivity index (χ3v) is 3.13. The summed E-state index contributed by atoms with van der Waals surface area (Å²) in [6.45, 7) is 8.76. The van der Waals surface area contributed by atoms with Crippen LogP contribution in [0.4, 0.5) is 0 Å². The van der Waals surface area contributed by atoms with Gasteiger partial charge in [-0.1, -0.05) is 0 Å². The van der Waals surface area contributed by atoms with E-state index in [1.807, 2.05) is 0 Å². The van der Waals surface area contributed by atoms with E-state index in [1.165, 1.54) is 12.8 Å². The number of halogens is 1. The fourth-order valence-electron chi connectivity index (χ4n) is 2.10. The van der Waals surface area contributed by atoms with E-state index in [9.17, 15) is 0 Å². The van der Waals surface area contributed by atoms with Crippen molar-refractivity contribution in [3.8, 4) is 0 Å². The van der Waals surface area contributed by atoms with Crippen LogP contribution in [-0.2, 0) is 4.74 Å². The summed E-state index contributed by atoms with van der Waals surface area (Å²) in [5.41, 5.74) is 5.75. The van der Waals surface area contributed by atoms with Gasteiger partial charge in [-0.25, -0.2) is 0 Å². The Morgan fingerprint density at radius 3 is 2.83 bits per heavy atom. The summed E-state index contributed by atoms with van der Waals surface area (Å²) < 4.78 is 5.67. The highest BCUT2D eigenvalue weighted by molar-refractivity contribution is 14.0. The summed E-state index contributed by atoms with van der Waals surface area (Å²) in [6.07, 6.45) is 2.46. The molecule has 3 N–H and O–H groups in total. The quantitative estimate of drug-likeness (QED) is 0.438. The van der Waals surface area contributed by atoms with Crippen molar-refractivity contribution in [2.24, 2.45) is 10.7 Å². The molecule has 0 amide bonds. The Kier molecular flexibility index (Phi) is 6.13. The van der Waals surface area contributed by atoms with Crippen LogP contribution in [0.25, 0.3) is 0 Å². The lowest BCUT2D eigenvalue weighted by Gasteiger charge is -2.37. The van der Waals surface area contributed by atoms with Crippen molar-refractivity contribution in [1.29, 1.82) is 0 Å². The topological polar surface area (TPSA) is 62.9 Å². The van der Waals surface area contributed by atoms with E-state index in [0.29, 0.717) is 12.0 Å². The average Bonchev–Trinajstić information content (AvgIpc) is 3.00. The van der Waals surface area contributed by atoms with E-state index in [1.54, 1.807) is 0 Å². The third-order valence-electron chi connectivity index (χ3n) is 3.13. The van der Waals surface area contributed by atoms with Crippen LogP contribution < -0.4 is 11.1 Å². The van der Waals surface area contributed by atoms with Gasteiger partial charge in [-0.15, -0.1) is 24.0 Å². The fraction of sp³-hybridized carbons (Fsp3) is 0.917. The SMILES string of the molecule is CC1(C)CN(CCN=C(N)NC2CC2)CCO1.I. The highest BCUT2D eigenvalue weighted by atomic mass is 127. The number of hydrogen-bond donors (Lipinski definition) is 2. The van der Waals surface area contributed by atoms with Crippen LogP contribution in [0, 0.1) is 0 Å². The first-order chi connectivity index (χ1) is 8.05. The summed E-state index contributed by atoms with van der Waals surface area (Å²) >= 11 is 0. The third kappa shape index (κ3) is 5.71. The molecule has 0 aromatic heterocycles. The van der Waals surface area contributed by atoms with Crippen LogP contribution in [-0.4, -0.2) is 55.3 Å². The molecule has 18 heavy (non-hydrogen) atoms. The normalized spacial score (nSPS) is 24.4. The summed E-state index contributed by atoms with van der Waals surface area (Å²) in [4.78, 5) is 6.73. The van der Waals surface area contributed by atoms with Crippen molar-refractivity contribution < 1.29 is 4.74 Å². The van der Waals surface area contributed by atoms with Gasteiger partial charge in [0.15, 0.2) is 5.96 Å². The number of nitrogens with one attached hydrogen (secondary N) is 1. The molecule has 2 fully saturated rings. The van der Waals surface area contributed by atoms with Gasteiger partial charge in [-0.2, -0.15) is 0 Å². The molecule has 6 heteroatoms. The Morgan fingerprint density at radius 1 is 1.50 bits per heavy atom. The number of aliphatic imine (C=N–C) groups is 1. The molecule has 1 saturated heterocycles. The minimum absolute atomic E-state index is 0. The predicted octanol–water partition coefficient (Wildman–Crippen LogP) is 0.782. The van der Waals surface area contributed by atoms with E-state index in [0.717, 1.165) is 32.8 Å². The zero-order valence-electron chi connectivity index (χ0n) is 11.3. The van der Waals surface area contributed by atoms with Gasteiger partial charge in [0, 0.05) is 25.7 Å². The van der Waals surface area contributed by atoms with Gasteiger partial charge >= 0.3 is 0 Å². The monoisotopic (exact) mass is 368 g/mol. The molecule has 0 radical (unpaired) electrons. The smallest absolute Gasteiger partial charge is 0.188 e. The van der Waals surface area contributed by atoms with Crippen LogP contribution >= 0.6 is 24.0 Å². The van der Waals surface area contributed by atoms with Gasteiger partial charge in [0.2, 0.25) is 0 Å². The van der Waals surface area contributed by atoms with E-state index >= 15 is 0 Å². The molecule has 2 aliphatic rings. The molecular weight excluding hydrogens is 343 g/mol. The average molecular weight is 368 g/mol. The molecule has 1 aliphatic heterocycles. The Balaban J connectivity index is 0.00000162. The van der Waals surface area contributed by atoms with Gasteiger partial charge in [0.05, 0.1) is 18.8 Å². The molecule has 0 bridgehead atoms. The van der Waals surface area contributed by atoms with Crippen LogP contribution in [0.1, 0.15) is 26.7 Å². The van der Waals surface area contributed by atoms with E-state index in [2.05, 4.69) is 29.1 Å². The highest BCUT2D eigenvalue weighted by Gasteiger charge is 2.26. The molecule has 0 atom stereocenters. The van der Waals surface area contributed by atoms with Gasteiger partial charge in [-0.3, -0.25) is 9.89 Å². The number of hydrogen-bond acceptors (Lipinski definition) is 3. The lowest BCUT2D eigenvalue weighted by atomic mass is 10.1. The molecule has 0 unspecified atom stereocenters. The number of guanidine groups is 1. The second-order valence-corrected chi connectivity index (χ2v) is 5.57. The maximum Gasteiger partial charge on any atom is 0.188 e. The highest BCUT2D eigenvalue weighted by Crippen LogP contribution is 2.18. The fourth-order valence-corrected chi connectivity index (χ4v) is 2.10. The van der Waals surface area contributed by atoms with Crippen molar-refractivity contribution in [3.63, 3.8) is 0 Å². The molecule has 0 aromatic rings. The maximum atomic E-state index is 5.78. The first kappa shape index (κ1) is 16.0. The molecular formula is C12H25IN4O. The second-order valence-electron chi connectivity index (χ2n) is 5.57. The van der Waals surface area contributed by atoms with Crippen LogP contribution in [0.2, 0.25) is 0 Å². The molecule has 0 aromatic carbocycles. The van der Waals surface area contributed by atoms with Crippen LogP contribution in [0.3, 0.4) is 0 Å². The predicted molar refractivity (Wildman–Crippen MR) is 84.5 cm³/mol. The minimum Gasteiger partial charge on any atom is -0.373 e. The van der Waals surface area contributed by atoms with Crippen molar-refractivity contribution in [2.75, 3.05) is 32.8 Å². The van der Waals surface area contributed by atoms with Gasteiger partial charge in [-0.05, 0) is 26.7 Å². The molecule has 1 saturated carbocycles. The summed E-state index contributed by atoms with van der Waals surface area (Å²) in [6, 6.07) is 0.584. The summed E-state index contributed by atoms with van der Waals surface area (Å²) in [5, 5.41) is 3.19. The second kappa shape index (κ2) is 6.91. The number of nitrogens with two attached hydrogens (primary N) is 1. The number of rotatable bonds is 4. The van der Waals surface area contributed by atoms with Crippen LogP contribution in [0.15, 0.2) is 4.99 Å². The van der Waals surface area contributed by atoms with Crippen molar-refractivity contribution in [1.82, 2.24) is 10.2 Å². The van der Waals surface area contributed by atoms with Gasteiger partial charge in [0.1, 0.15) is 0 Å². The number of morpholine rings is 1. The standard InChI is InChI=1S/C12H24N4O.HI/c1-12(2)9-16(7-8-17-12)6-5-14-11(13)15-10-3-4-10;/h10H,3-9H2,1-2H3,(H3,13,14,15);1H. The minimum atomic E-state index is -0.0280. The lowest BCUT2D eigenvalue weighted by molar-refractivity contribution is -0.0850. The Hall–Kier alpha value is -0.0800. The molecule has 1 heterocycles. The summed E-state index contributed by atoms with van der Waals surface area (Å²) in [7, 11) is 0. The van der Waals surface area contributed by atoms with E-state index < -0.39 is 0 Å². The van der Waals surface area contributed by atoms with Gasteiger partial charge < -0.3 is 15.8 Å². The largest absolute Gasteiger partial charge is 0.373 e.